The van der Waals surface area contributed by atoms with Crippen molar-refractivity contribution in [2.24, 2.45) is 0 Å². The first-order valence-corrected chi connectivity index (χ1v) is 7.42. The number of hydrogen-bond acceptors (Lipinski definition) is 3. The zero-order valence-corrected chi connectivity index (χ0v) is 13.1. The topological polar surface area (TPSA) is 39.4 Å². The lowest BCUT2D eigenvalue weighted by Crippen LogP contribution is -2.03. The van der Waals surface area contributed by atoms with Gasteiger partial charge in [-0.25, -0.2) is 0 Å². The summed E-state index contributed by atoms with van der Waals surface area (Å²) in [5, 5.41) is 1.27. The molecule has 0 saturated carbocycles. The first kappa shape index (κ1) is 14.7. The van der Waals surface area contributed by atoms with E-state index in [1.165, 1.54) is 0 Å². The van der Waals surface area contributed by atoms with Crippen LogP contribution in [0.3, 0.4) is 0 Å². The molecule has 0 spiro atoms. The summed E-state index contributed by atoms with van der Waals surface area (Å²) in [5.41, 5.74) is 1.75. The van der Waals surface area contributed by atoms with Crippen molar-refractivity contribution in [3.63, 3.8) is 0 Å². The van der Waals surface area contributed by atoms with Crippen molar-refractivity contribution >= 4 is 28.4 Å². The standard InChI is InChI=1S/C18H15ClO3/c1-3-15-16(13-5-4-6-14(19)18(13)22-15)17(20)11-7-9-12(21-2)10-8-11/h4-10H,3H2,1-2H3. The largest absolute Gasteiger partial charge is 0.497 e. The van der Waals surface area contributed by atoms with E-state index in [2.05, 4.69) is 0 Å². The van der Waals surface area contributed by atoms with Crippen molar-refractivity contribution in [2.75, 3.05) is 7.11 Å². The highest BCUT2D eigenvalue weighted by atomic mass is 35.5. The lowest BCUT2D eigenvalue weighted by Gasteiger charge is -2.03. The molecule has 0 atom stereocenters. The third kappa shape index (κ3) is 2.38. The maximum atomic E-state index is 12.9. The van der Waals surface area contributed by atoms with Crippen molar-refractivity contribution in [3.8, 4) is 5.75 Å². The van der Waals surface area contributed by atoms with Crippen LogP contribution in [-0.2, 0) is 6.42 Å². The SMILES string of the molecule is CCc1oc2c(Cl)cccc2c1C(=O)c1ccc(OC)cc1. The molecule has 0 radical (unpaired) electrons. The number of ketones is 1. The second-order valence-corrected chi connectivity index (χ2v) is 5.34. The molecular formula is C18H15ClO3. The Labute approximate surface area is 133 Å². The van der Waals surface area contributed by atoms with Gasteiger partial charge in [-0.1, -0.05) is 30.7 Å². The lowest BCUT2D eigenvalue weighted by molar-refractivity contribution is 0.103. The van der Waals surface area contributed by atoms with Gasteiger partial charge in [-0.05, 0) is 30.3 Å². The normalized spacial score (nSPS) is 10.9. The average Bonchev–Trinajstić information content (AvgIpc) is 2.94. The molecule has 4 heteroatoms. The summed E-state index contributed by atoms with van der Waals surface area (Å²) in [6, 6.07) is 12.5. The Balaban J connectivity index is 2.15. The van der Waals surface area contributed by atoms with Crippen LogP contribution in [0.25, 0.3) is 11.0 Å². The molecule has 0 unspecified atom stereocenters. The van der Waals surface area contributed by atoms with Crippen molar-refractivity contribution in [1.82, 2.24) is 0 Å². The Kier molecular flexibility index (Phi) is 3.90. The summed E-state index contributed by atoms with van der Waals surface area (Å²) in [6.07, 6.45) is 0.627. The van der Waals surface area contributed by atoms with Crippen LogP contribution >= 0.6 is 11.6 Å². The van der Waals surface area contributed by atoms with Crippen LogP contribution in [0.5, 0.6) is 5.75 Å². The third-order valence-corrected chi connectivity index (χ3v) is 3.94. The maximum absolute atomic E-state index is 12.9. The molecule has 0 bridgehead atoms. The molecule has 0 fully saturated rings. The molecule has 0 amide bonds. The number of fused-ring (bicyclic) bond motifs is 1. The third-order valence-electron chi connectivity index (χ3n) is 3.64. The van der Waals surface area contributed by atoms with Crippen LogP contribution in [-0.4, -0.2) is 12.9 Å². The highest BCUT2D eigenvalue weighted by Gasteiger charge is 2.22. The molecule has 3 rings (SSSR count). The zero-order valence-electron chi connectivity index (χ0n) is 12.4. The first-order valence-electron chi connectivity index (χ1n) is 7.04. The summed E-state index contributed by atoms with van der Waals surface area (Å²) in [6.45, 7) is 1.95. The van der Waals surface area contributed by atoms with Crippen LogP contribution in [0.4, 0.5) is 0 Å². The summed E-state index contributed by atoms with van der Waals surface area (Å²) in [4.78, 5) is 12.9. The Bertz CT molecular complexity index is 831. The molecule has 0 N–H and O–H groups in total. The van der Waals surface area contributed by atoms with Crippen LogP contribution in [0.1, 0.15) is 28.6 Å². The van der Waals surface area contributed by atoms with Crippen molar-refractivity contribution in [2.45, 2.75) is 13.3 Å². The molecule has 0 aliphatic rings. The summed E-state index contributed by atoms with van der Waals surface area (Å²) in [7, 11) is 1.59. The monoisotopic (exact) mass is 314 g/mol. The van der Waals surface area contributed by atoms with E-state index in [1.54, 1.807) is 37.4 Å². The fourth-order valence-corrected chi connectivity index (χ4v) is 2.73. The summed E-state index contributed by atoms with van der Waals surface area (Å²) in [5.74, 6) is 1.30. The van der Waals surface area contributed by atoms with Gasteiger partial charge in [0.25, 0.3) is 0 Å². The van der Waals surface area contributed by atoms with Gasteiger partial charge in [-0.15, -0.1) is 0 Å². The van der Waals surface area contributed by atoms with Gasteiger partial charge in [-0.3, -0.25) is 4.79 Å². The number of rotatable bonds is 4. The maximum Gasteiger partial charge on any atom is 0.197 e. The Morgan fingerprint density at radius 1 is 1.18 bits per heavy atom. The van der Waals surface area contributed by atoms with Crippen molar-refractivity contribution in [1.29, 1.82) is 0 Å². The van der Waals surface area contributed by atoms with E-state index >= 15 is 0 Å². The number of methoxy groups -OCH3 is 1. The van der Waals surface area contributed by atoms with E-state index in [9.17, 15) is 4.79 Å². The molecule has 1 heterocycles. The van der Waals surface area contributed by atoms with Gasteiger partial charge >= 0.3 is 0 Å². The minimum Gasteiger partial charge on any atom is -0.497 e. The molecule has 112 valence electrons. The van der Waals surface area contributed by atoms with Gasteiger partial charge in [0.2, 0.25) is 0 Å². The van der Waals surface area contributed by atoms with Crippen LogP contribution in [0.2, 0.25) is 5.02 Å². The van der Waals surface area contributed by atoms with E-state index in [-0.39, 0.29) is 5.78 Å². The molecular weight excluding hydrogens is 300 g/mol. The van der Waals surface area contributed by atoms with Gasteiger partial charge in [-0.2, -0.15) is 0 Å². The van der Waals surface area contributed by atoms with Gasteiger partial charge in [0.05, 0.1) is 17.7 Å². The predicted molar refractivity (Wildman–Crippen MR) is 87.0 cm³/mol. The number of benzene rings is 2. The van der Waals surface area contributed by atoms with Crippen LogP contribution in [0, 0.1) is 0 Å². The Morgan fingerprint density at radius 3 is 2.55 bits per heavy atom. The van der Waals surface area contributed by atoms with E-state index in [0.717, 1.165) is 5.39 Å². The minimum absolute atomic E-state index is 0.0690. The van der Waals surface area contributed by atoms with Gasteiger partial charge in [0.1, 0.15) is 11.5 Å². The van der Waals surface area contributed by atoms with Gasteiger partial charge in [0, 0.05) is 17.4 Å². The first-order chi connectivity index (χ1) is 10.7. The predicted octanol–water partition coefficient (Wildman–Crippen LogP) is 4.89. The van der Waals surface area contributed by atoms with Crippen molar-refractivity contribution < 1.29 is 13.9 Å². The van der Waals surface area contributed by atoms with Crippen LogP contribution < -0.4 is 4.74 Å². The molecule has 22 heavy (non-hydrogen) atoms. The van der Waals surface area contributed by atoms with Gasteiger partial charge < -0.3 is 9.15 Å². The molecule has 0 saturated heterocycles. The highest BCUT2D eigenvalue weighted by molar-refractivity contribution is 6.35. The van der Waals surface area contributed by atoms with Crippen molar-refractivity contribution in [3.05, 3.63) is 64.4 Å². The van der Waals surface area contributed by atoms with E-state index in [1.807, 2.05) is 19.1 Å². The lowest BCUT2D eigenvalue weighted by atomic mass is 9.99. The highest BCUT2D eigenvalue weighted by Crippen LogP contribution is 2.33. The fraction of sp³-hybridized carbons (Fsp3) is 0.167. The Hall–Kier alpha value is -2.26. The number of ether oxygens (including phenoxy) is 1. The fourth-order valence-electron chi connectivity index (χ4n) is 2.52. The number of hydrogen-bond donors (Lipinski definition) is 0. The number of carbonyl (C=O) groups excluding carboxylic acids is 1. The minimum atomic E-state index is -0.0690. The Morgan fingerprint density at radius 2 is 1.91 bits per heavy atom. The number of halogens is 1. The van der Waals surface area contributed by atoms with Crippen LogP contribution in [0.15, 0.2) is 46.9 Å². The smallest absolute Gasteiger partial charge is 0.197 e. The quantitative estimate of drug-likeness (QED) is 0.644. The molecule has 0 aliphatic carbocycles. The van der Waals surface area contributed by atoms with Gasteiger partial charge in [0.15, 0.2) is 11.4 Å². The molecule has 2 aromatic carbocycles. The summed E-state index contributed by atoms with van der Waals surface area (Å²) >= 11 is 6.17. The molecule has 3 nitrogen and oxygen atoms in total. The number of carbonyl (C=O) groups is 1. The number of aryl methyl sites for hydroxylation is 1. The summed E-state index contributed by atoms with van der Waals surface area (Å²) < 4.78 is 10.9. The molecule has 1 aromatic heterocycles. The molecule has 3 aromatic rings. The second kappa shape index (κ2) is 5.85. The average molecular weight is 315 g/mol. The number of para-hydroxylation sites is 1. The second-order valence-electron chi connectivity index (χ2n) is 4.93. The van der Waals surface area contributed by atoms with E-state index < -0.39 is 0 Å². The zero-order chi connectivity index (χ0) is 15.7. The molecule has 0 aliphatic heterocycles. The number of furan rings is 1. The van der Waals surface area contributed by atoms with E-state index in [0.29, 0.717) is 39.7 Å². The van der Waals surface area contributed by atoms with E-state index in [4.69, 9.17) is 20.8 Å².